The third kappa shape index (κ3) is 2.23. The maximum atomic E-state index is 11.2. The van der Waals surface area contributed by atoms with Gasteiger partial charge in [-0.15, -0.1) is 0 Å². The highest BCUT2D eigenvalue weighted by molar-refractivity contribution is 5.73. The van der Waals surface area contributed by atoms with Crippen LogP contribution in [0.1, 0.15) is 26.2 Å². The molecule has 2 fully saturated rings. The van der Waals surface area contributed by atoms with Gasteiger partial charge in [0, 0.05) is 12.6 Å². The van der Waals surface area contributed by atoms with E-state index in [0.29, 0.717) is 12.0 Å². The molecule has 3 atom stereocenters. The van der Waals surface area contributed by atoms with Gasteiger partial charge < -0.3 is 10.0 Å². The molecule has 2 aliphatic heterocycles. The molecule has 16 heavy (non-hydrogen) atoms. The Hall–Kier alpha value is -0.610. The van der Waals surface area contributed by atoms with Gasteiger partial charge in [-0.1, -0.05) is 6.92 Å². The van der Waals surface area contributed by atoms with Gasteiger partial charge in [-0.05, 0) is 45.3 Å². The van der Waals surface area contributed by atoms with Crippen LogP contribution in [0.3, 0.4) is 0 Å². The van der Waals surface area contributed by atoms with E-state index in [-0.39, 0.29) is 6.04 Å². The molecule has 0 unspecified atom stereocenters. The highest BCUT2D eigenvalue weighted by Gasteiger charge is 2.38. The smallest absolute Gasteiger partial charge is 0.320 e. The zero-order chi connectivity index (χ0) is 11.7. The summed E-state index contributed by atoms with van der Waals surface area (Å²) in [6.07, 6.45) is 2.98. The summed E-state index contributed by atoms with van der Waals surface area (Å²) in [7, 11) is 2.14. The van der Waals surface area contributed by atoms with Gasteiger partial charge in [0.05, 0.1) is 0 Å². The number of carbonyl (C=O) groups is 1. The zero-order valence-electron chi connectivity index (χ0n) is 10.2. The Kier molecular flexibility index (Phi) is 3.50. The number of rotatable bonds is 2. The molecule has 2 aliphatic rings. The van der Waals surface area contributed by atoms with Crippen LogP contribution in [0.4, 0.5) is 0 Å². The average Bonchev–Trinajstić information content (AvgIpc) is 2.66. The number of piperidine rings is 1. The third-order valence-corrected chi connectivity index (χ3v) is 4.07. The molecule has 2 saturated heterocycles. The van der Waals surface area contributed by atoms with Crippen LogP contribution in [0.2, 0.25) is 0 Å². The summed E-state index contributed by atoms with van der Waals surface area (Å²) in [6, 6.07) is 0.246. The van der Waals surface area contributed by atoms with Crippen LogP contribution in [0, 0.1) is 5.92 Å². The van der Waals surface area contributed by atoms with Crippen LogP contribution in [0.15, 0.2) is 0 Å². The van der Waals surface area contributed by atoms with Gasteiger partial charge >= 0.3 is 5.97 Å². The molecule has 0 aromatic heterocycles. The summed E-state index contributed by atoms with van der Waals surface area (Å²) in [5.41, 5.74) is 0. The van der Waals surface area contributed by atoms with Crippen LogP contribution >= 0.6 is 0 Å². The third-order valence-electron chi connectivity index (χ3n) is 4.07. The zero-order valence-corrected chi connectivity index (χ0v) is 10.2. The summed E-state index contributed by atoms with van der Waals surface area (Å²) in [5.74, 6) is -0.0534. The predicted octanol–water partition coefficient (Wildman–Crippen LogP) is 0.876. The first-order valence-corrected chi connectivity index (χ1v) is 6.26. The van der Waals surface area contributed by atoms with E-state index in [4.69, 9.17) is 0 Å². The number of carboxylic acids is 1. The number of carboxylic acid groups (broad SMARTS) is 1. The second kappa shape index (κ2) is 4.72. The van der Waals surface area contributed by atoms with Crippen molar-refractivity contribution in [2.75, 3.05) is 26.7 Å². The van der Waals surface area contributed by atoms with E-state index >= 15 is 0 Å². The summed E-state index contributed by atoms with van der Waals surface area (Å²) >= 11 is 0. The quantitative estimate of drug-likeness (QED) is 0.759. The molecule has 92 valence electrons. The van der Waals surface area contributed by atoms with E-state index in [1.54, 1.807) is 0 Å². The van der Waals surface area contributed by atoms with E-state index in [9.17, 15) is 9.90 Å². The molecule has 4 nitrogen and oxygen atoms in total. The molecule has 0 aromatic rings. The largest absolute Gasteiger partial charge is 0.480 e. The lowest BCUT2D eigenvalue weighted by atomic mass is 9.92. The van der Waals surface area contributed by atoms with Gasteiger partial charge in [0.15, 0.2) is 0 Å². The lowest BCUT2D eigenvalue weighted by molar-refractivity contribution is -0.143. The number of aliphatic carboxylic acids is 1. The number of likely N-dealkylation sites (tertiary alicyclic amines) is 2. The van der Waals surface area contributed by atoms with Crippen molar-refractivity contribution in [2.24, 2.45) is 5.92 Å². The molecule has 0 aliphatic carbocycles. The van der Waals surface area contributed by atoms with E-state index in [0.717, 1.165) is 38.9 Å². The Bertz CT molecular complexity index is 270. The van der Waals surface area contributed by atoms with Crippen LogP contribution in [-0.4, -0.2) is 59.6 Å². The Labute approximate surface area is 97.2 Å². The standard InChI is InChI=1S/C12H22N2O2/c1-9-8-13(2)7-5-10(9)14-6-3-4-11(14)12(15)16/h9-11H,3-8H2,1-2H3,(H,15,16)/t9-,10-,11-/m1/s1. The van der Waals surface area contributed by atoms with Crippen molar-refractivity contribution in [3.63, 3.8) is 0 Å². The molecule has 0 saturated carbocycles. The van der Waals surface area contributed by atoms with E-state index in [1.807, 2.05) is 0 Å². The number of hydrogen-bond acceptors (Lipinski definition) is 3. The fourth-order valence-corrected chi connectivity index (χ4v) is 3.29. The van der Waals surface area contributed by atoms with E-state index < -0.39 is 5.97 Å². The highest BCUT2D eigenvalue weighted by Crippen LogP contribution is 2.28. The fourth-order valence-electron chi connectivity index (χ4n) is 3.29. The topological polar surface area (TPSA) is 43.8 Å². The van der Waals surface area contributed by atoms with Crippen molar-refractivity contribution in [3.8, 4) is 0 Å². The molecule has 2 rings (SSSR count). The first kappa shape index (κ1) is 11.9. The average molecular weight is 226 g/mol. The Balaban J connectivity index is 2.03. The van der Waals surface area contributed by atoms with Crippen LogP contribution in [0.25, 0.3) is 0 Å². The monoisotopic (exact) mass is 226 g/mol. The lowest BCUT2D eigenvalue weighted by Crippen LogP contribution is -2.52. The number of hydrogen-bond donors (Lipinski definition) is 1. The summed E-state index contributed by atoms with van der Waals surface area (Å²) in [6.45, 7) is 5.40. The van der Waals surface area contributed by atoms with Crippen molar-refractivity contribution < 1.29 is 9.90 Å². The fraction of sp³-hybridized carbons (Fsp3) is 0.917. The first-order valence-electron chi connectivity index (χ1n) is 6.26. The van der Waals surface area contributed by atoms with Crippen LogP contribution in [-0.2, 0) is 4.79 Å². The maximum Gasteiger partial charge on any atom is 0.320 e. The Morgan fingerprint density at radius 1 is 1.31 bits per heavy atom. The first-order chi connectivity index (χ1) is 7.59. The molecule has 0 amide bonds. The summed E-state index contributed by atoms with van der Waals surface area (Å²) < 4.78 is 0. The van der Waals surface area contributed by atoms with Gasteiger partial charge in [0.1, 0.15) is 6.04 Å². The van der Waals surface area contributed by atoms with Gasteiger partial charge in [-0.2, -0.15) is 0 Å². The molecular formula is C12H22N2O2. The molecular weight excluding hydrogens is 204 g/mol. The molecule has 0 radical (unpaired) electrons. The molecule has 2 heterocycles. The van der Waals surface area contributed by atoms with Gasteiger partial charge in [0.2, 0.25) is 0 Å². The van der Waals surface area contributed by atoms with Crippen LogP contribution in [0.5, 0.6) is 0 Å². The molecule has 0 spiro atoms. The van der Waals surface area contributed by atoms with Gasteiger partial charge in [-0.25, -0.2) is 0 Å². The Morgan fingerprint density at radius 2 is 2.06 bits per heavy atom. The van der Waals surface area contributed by atoms with Crippen molar-refractivity contribution in [2.45, 2.75) is 38.3 Å². The van der Waals surface area contributed by atoms with Gasteiger partial charge in [-0.3, -0.25) is 9.69 Å². The van der Waals surface area contributed by atoms with E-state index in [1.165, 1.54) is 0 Å². The molecule has 1 N–H and O–H groups in total. The second-order valence-electron chi connectivity index (χ2n) is 5.33. The van der Waals surface area contributed by atoms with Crippen molar-refractivity contribution in [3.05, 3.63) is 0 Å². The van der Waals surface area contributed by atoms with Crippen molar-refractivity contribution >= 4 is 5.97 Å². The van der Waals surface area contributed by atoms with Crippen LogP contribution < -0.4 is 0 Å². The maximum absolute atomic E-state index is 11.2. The van der Waals surface area contributed by atoms with Gasteiger partial charge in [0.25, 0.3) is 0 Å². The second-order valence-corrected chi connectivity index (χ2v) is 5.33. The van der Waals surface area contributed by atoms with Crippen molar-refractivity contribution in [1.29, 1.82) is 0 Å². The lowest BCUT2D eigenvalue weighted by Gasteiger charge is -2.41. The normalized spacial score (nSPS) is 37.8. The summed E-state index contributed by atoms with van der Waals surface area (Å²) in [4.78, 5) is 15.7. The number of nitrogens with zero attached hydrogens (tertiary/aromatic N) is 2. The summed E-state index contributed by atoms with van der Waals surface area (Å²) in [5, 5.41) is 9.20. The Morgan fingerprint density at radius 3 is 2.69 bits per heavy atom. The highest BCUT2D eigenvalue weighted by atomic mass is 16.4. The van der Waals surface area contributed by atoms with Crippen molar-refractivity contribution in [1.82, 2.24) is 9.80 Å². The minimum absolute atomic E-state index is 0.226. The minimum atomic E-state index is -0.636. The molecule has 0 aromatic carbocycles. The molecule has 4 heteroatoms. The molecule has 0 bridgehead atoms. The minimum Gasteiger partial charge on any atom is -0.480 e. The van der Waals surface area contributed by atoms with E-state index in [2.05, 4.69) is 23.8 Å². The SMILES string of the molecule is C[C@@H]1CN(C)CC[C@H]1N1CCC[C@@H]1C(=O)O. The predicted molar refractivity (Wildman–Crippen MR) is 62.4 cm³/mol.